The number of carbonyl (C=O) groups is 2. The van der Waals surface area contributed by atoms with E-state index >= 15 is 0 Å². The third-order valence-corrected chi connectivity index (χ3v) is 7.21. The van der Waals surface area contributed by atoms with Crippen LogP contribution in [0, 0.1) is 0 Å². The summed E-state index contributed by atoms with van der Waals surface area (Å²) in [6.45, 7) is 1.64. The van der Waals surface area contributed by atoms with Crippen LogP contribution in [0.5, 0.6) is 5.75 Å². The highest BCUT2D eigenvalue weighted by Gasteiger charge is 2.31. The molecular formula is C25H28Cl4N2O3. The molecule has 1 atom stereocenters. The zero-order valence-corrected chi connectivity index (χ0v) is 22.0. The number of nitrogens with zero attached hydrogens (tertiary/aromatic N) is 1. The average molecular weight is 546 g/mol. The molecule has 2 aromatic carbocycles. The first kappa shape index (κ1) is 26.9. The molecule has 2 amide bonds. The molecule has 34 heavy (non-hydrogen) atoms. The monoisotopic (exact) mass is 544 g/mol. The minimum absolute atomic E-state index is 0.0750. The van der Waals surface area contributed by atoms with E-state index in [0.29, 0.717) is 37.8 Å². The van der Waals surface area contributed by atoms with E-state index in [1.807, 2.05) is 6.92 Å². The van der Waals surface area contributed by atoms with Gasteiger partial charge in [-0.1, -0.05) is 78.7 Å². The summed E-state index contributed by atoms with van der Waals surface area (Å²) in [5.41, 5.74) is 0.577. The van der Waals surface area contributed by atoms with Crippen molar-refractivity contribution in [2.75, 3.05) is 6.61 Å². The maximum Gasteiger partial charge on any atom is 0.261 e. The van der Waals surface area contributed by atoms with Gasteiger partial charge in [0, 0.05) is 33.2 Å². The number of benzene rings is 2. The second-order valence-electron chi connectivity index (χ2n) is 8.35. The van der Waals surface area contributed by atoms with E-state index < -0.39 is 6.04 Å². The van der Waals surface area contributed by atoms with Crippen LogP contribution in [0.2, 0.25) is 20.1 Å². The highest BCUT2D eigenvalue weighted by molar-refractivity contribution is 6.36. The van der Waals surface area contributed by atoms with Crippen LogP contribution in [0.3, 0.4) is 0 Å². The molecule has 3 rings (SSSR count). The molecule has 0 saturated heterocycles. The number of amides is 2. The van der Waals surface area contributed by atoms with Crippen molar-refractivity contribution in [3.63, 3.8) is 0 Å². The zero-order chi connectivity index (χ0) is 24.7. The lowest BCUT2D eigenvalue weighted by Gasteiger charge is -2.33. The van der Waals surface area contributed by atoms with Gasteiger partial charge in [-0.2, -0.15) is 0 Å². The van der Waals surface area contributed by atoms with Gasteiger partial charge < -0.3 is 15.0 Å². The minimum atomic E-state index is -0.703. The molecule has 1 N–H and O–H groups in total. The van der Waals surface area contributed by atoms with Gasteiger partial charge in [0.05, 0.1) is 5.02 Å². The van der Waals surface area contributed by atoms with Gasteiger partial charge in [0.1, 0.15) is 11.8 Å². The normalized spacial score (nSPS) is 15.0. The maximum atomic E-state index is 13.4. The quantitative estimate of drug-likeness (QED) is 0.371. The molecule has 0 spiro atoms. The smallest absolute Gasteiger partial charge is 0.261 e. The lowest BCUT2D eigenvalue weighted by molar-refractivity contribution is -0.143. The molecule has 2 aromatic rings. The molecule has 1 aliphatic rings. The highest BCUT2D eigenvalue weighted by atomic mass is 35.5. The summed E-state index contributed by atoms with van der Waals surface area (Å²) in [7, 11) is 0. The van der Waals surface area contributed by atoms with Crippen molar-refractivity contribution in [2.24, 2.45) is 0 Å². The Morgan fingerprint density at radius 3 is 2.32 bits per heavy atom. The van der Waals surface area contributed by atoms with Crippen LogP contribution in [-0.2, 0) is 16.1 Å². The van der Waals surface area contributed by atoms with E-state index in [0.717, 1.165) is 25.7 Å². The van der Waals surface area contributed by atoms with Crippen LogP contribution in [0.1, 0.15) is 51.0 Å². The van der Waals surface area contributed by atoms with E-state index in [1.165, 1.54) is 17.4 Å². The summed E-state index contributed by atoms with van der Waals surface area (Å²) in [4.78, 5) is 28.1. The third-order valence-electron chi connectivity index (χ3n) is 5.97. The summed E-state index contributed by atoms with van der Waals surface area (Å²) in [5, 5.41) is 4.74. The summed E-state index contributed by atoms with van der Waals surface area (Å²) in [5.74, 6) is -0.238. The second-order valence-corrected chi connectivity index (χ2v) is 10.0. The van der Waals surface area contributed by atoms with Crippen molar-refractivity contribution in [1.82, 2.24) is 10.2 Å². The number of ether oxygens (including phenoxy) is 1. The molecule has 0 unspecified atom stereocenters. The van der Waals surface area contributed by atoms with Gasteiger partial charge in [-0.3, -0.25) is 9.59 Å². The Balaban J connectivity index is 1.82. The standard InChI is InChI=1S/C25H28Cl4N2O3/c1-2-22(25(33)30-17-7-4-3-5-8-17)31(14-18-19(27)9-6-10-20(18)28)24(32)15-34-23-12-11-16(26)13-21(23)29/h6,9-13,17,22H,2-5,7-8,14-15H2,1H3,(H,30,33)/t22-/m1/s1. The third kappa shape index (κ3) is 7.17. The molecule has 5 nitrogen and oxygen atoms in total. The lowest BCUT2D eigenvalue weighted by Crippen LogP contribution is -2.52. The van der Waals surface area contributed by atoms with E-state index in [4.69, 9.17) is 51.1 Å². The SMILES string of the molecule is CC[C@H](C(=O)NC1CCCCC1)N(Cc1c(Cl)cccc1Cl)C(=O)COc1ccc(Cl)cc1Cl. The summed E-state index contributed by atoms with van der Waals surface area (Å²) in [6, 6.07) is 9.33. The van der Waals surface area contributed by atoms with Crippen molar-refractivity contribution >= 4 is 58.2 Å². The largest absolute Gasteiger partial charge is 0.482 e. The van der Waals surface area contributed by atoms with Crippen LogP contribution in [0.25, 0.3) is 0 Å². The van der Waals surface area contributed by atoms with Gasteiger partial charge in [0.25, 0.3) is 5.91 Å². The number of carbonyl (C=O) groups excluding carboxylic acids is 2. The summed E-state index contributed by atoms with van der Waals surface area (Å²) < 4.78 is 5.68. The number of hydrogen-bond donors (Lipinski definition) is 1. The molecule has 1 aliphatic carbocycles. The Bertz CT molecular complexity index is 991. The molecule has 0 heterocycles. The Kier molecular flexibility index (Phi) is 10.2. The van der Waals surface area contributed by atoms with Gasteiger partial charge in [0.15, 0.2) is 6.61 Å². The number of halogens is 4. The first-order valence-corrected chi connectivity index (χ1v) is 12.9. The molecule has 1 fully saturated rings. The van der Waals surface area contributed by atoms with Gasteiger partial charge in [0.2, 0.25) is 5.91 Å². The van der Waals surface area contributed by atoms with Gasteiger partial charge in [-0.05, 0) is 49.6 Å². The number of nitrogens with one attached hydrogen (secondary N) is 1. The average Bonchev–Trinajstić information content (AvgIpc) is 2.80. The fourth-order valence-corrected chi connectivity index (χ4v) is 5.11. The molecular weight excluding hydrogens is 518 g/mol. The van der Waals surface area contributed by atoms with Crippen LogP contribution >= 0.6 is 46.4 Å². The van der Waals surface area contributed by atoms with Crippen molar-refractivity contribution in [3.8, 4) is 5.75 Å². The van der Waals surface area contributed by atoms with Crippen LogP contribution in [0.4, 0.5) is 0 Å². The van der Waals surface area contributed by atoms with E-state index in [1.54, 1.807) is 30.3 Å². The molecule has 1 saturated carbocycles. The van der Waals surface area contributed by atoms with E-state index in [2.05, 4.69) is 5.32 Å². The molecule has 184 valence electrons. The Hall–Kier alpha value is -1.66. The topological polar surface area (TPSA) is 58.6 Å². The lowest BCUT2D eigenvalue weighted by atomic mass is 9.95. The van der Waals surface area contributed by atoms with E-state index in [-0.39, 0.29) is 31.0 Å². The fraction of sp³-hybridized carbons (Fsp3) is 0.440. The molecule has 9 heteroatoms. The first-order valence-electron chi connectivity index (χ1n) is 11.4. The Morgan fingerprint density at radius 1 is 1.03 bits per heavy atom. The predicted molar refractivity (Wildman–Crippen MR) is 138 cm³/mol. The summed E-state index contributed by atoms with van der Waals surface area (Å²) >= 11 is 24.9. The van der Waals surface area contributed by atoms with E-state index in [9.17, 15) is 9.59 Å². The second kappa shape index (κ2) is 12.9. The maximum absolute atomic E-state index is 13.4. The minimum Gasteiger partial charge on any atom is -0.482 e. The number of hydrogen-bond acceptors (Lipinski definition) is 3. The molecule has 0 aliphatic heterocycles. The van der Waals surface area contributed by atoms with Gasteiger partial charge in [-0.25, -0.2) is 0 Å². The molecule has 0 bridgehead atoms. The Morgan fingerprint density at radius 2 is 1.71 bits per heavy atom. The van der Waals surface area contributed by atoms with Crippen molar-refractivity contribution in [2.45, 2.75) is 64.1 Å². The van der Waals surface area contributed by atoms with Crippen LogP contribution in [-0.4, -0.2) is 35.4 Å². The van der Waals surface area contributed by atoms with Crippen LogP contribution < -0.4 is 10.1 Å². The molecule has 0 radical (unpaired) electrons. The van der Waals surface area contributed by atoms with Crippen molar-refractivity contribution in [3.05, 3.63) is 62.1 Å². The van der Waals surface area contributed by atoms with Crippen molar-refractivity contribution < 1.29 is 14.3 Å². The highest BCUT2D eigenvalue weighted by Crippen LogP contribution is 2.29. The van der Waals surface area contributed by atoms with Crippen LogP contribution in [0.15, 0.2) is 36.4 Å². The van der Waals surface area contributed by atoms with Gasteiger partial charge in [-0.15, -0.1) is 0 Å². The predicted octanol–water partition coefficient (Wildman–Crippen LogP) is 6.94. The zero-order valence-electron chi connectivity index (χ0n) is 19.0. The Labute approximate surface area is 220 Å². The fourth-order valence-electron chi connectivity index (χ4n) is 4.13. The summed E-state index contributed by atoms with van der Waals surface area (Å²) in [6.07, 6.45) is 5.69. The first-order chi connectivity index (χ1) is 16.3. The van der Waals surface area contributed by atoms with Crippen molar-refractivity contribution in [1.29, 1.82) is 0 Å². The molecule has 0 aromatic heterocycles. The van der Waals surface area contributed by atoms with Gasteiger partial charge >= 0.3 is 0 Å². The number of rotatable bonds is 9.